The summed E-state index contributed by atoms with van der Waals surface area (Å²) < 4.78 is 0.639. The summed E-state index contributed by atoms with van der Waals surface area (Å²) in [7, 11) is 0. The molecule has 1 amide bonds. The molecule has 0 atom stereocenters. The normalized spacial score (nSPS) is 12.5. The number of amides is 1. The summed E-state index contributed by atoms with van der Waals surface area (Å²) in [5.41, 5.74) is 1.61. The molecule has 1 heterocycles. The highest BCUT2D eigenvalue weighted by Crippen LogP contribution is 2.34. The number of benzene rings is 2. The summed E-state index contributed by atoms with van der Waals surface area (Å²) >= 11 is 13.0. The second-order valence-corrected chi connectivity index (χ2v) is 7.91. The van der Waals surface area contributed by atoms with Crippen LogP contribution in [0.1, 0.15) is 42.2 Å². The van der Waals surface area contributed by atoms with Crippen molar-refractivity contribution in [3.8, 4) is 0 Å². The van der Waals surface area contributed by atoms with Crippen molar-refractivity contribution >= 4 is 57.7 Å². The molecule has 0 fully saturated rings. The van der Waals surface area contributed by atoms with E-state index < -0.39 is 5.91 Å². The van der Waals surface area contributed by atoms with Gasteiger partial charge in [0.15, 0.2) is 11.6 Å². The molecular weight excluding hydrogens is 393 g/mol. The summed E-state index contributed by atoms with van der Waals surface area (Å²) in [5, 5.41) is 2.67. The Kier molecular flexibility index (Phi) is 4.15. The van der Waals surface area contributed by atoms with Crippen LogP contribution < -0.4 is 5.32 Å². The molecular formula is C19H9Cl2NO3S. The molecule has 1 aliphatic carbocycles. The topological polar surface area (TPSA) is 63.2 Å². The van der Waals surface area contributed by atoms with E-state index >= 15 is 0 Å². The fourth-order valence-corrected chi connectivity index (χ4v) is 4.39. The van der Waals surface area contributed by atoms with Gasteiger partial charge in [-0.2, -0.15) is 0 Å². The first kappa shape index (κ1) is 17.0. The molecule has 2 aromatic carbocycles. The zero-order valence-corrected chi connectivity index (χ0v) is 15.3. The Morgan fingerprint density at radius 1 is 0.885 bits per heavy atom. The number of carbonyl (C=O) groups is 3. The standard InChI is InChI=1S/C19H9Cl2NO3S/c20-14-8-12(18(21)26-14)19(25)22-13-7-3-6-11-15(13)17(24)10-5-2-1-4-9(10)16(11)23/h1-8H,(H,22,25). The van der Waals surface area contributed by atoms with Gasteiger partial charge in [0, 0.05) is 16.7 Å². The van der Waals surface area contributed by atoms with Crippen molar-refractivity contribution in [3.05, 3.63) is 85.0 Å². The van der Waals surface area contributed by atoms with Crippen LogP contribution in [-0.4, -0.2) is 17.5 Å². The molecule has 3 aromatic rings. The lowest BCUT2D eigenvalue weighted by molar-refractivity contribution is 0.0978. The molecule has 4 nitrogen and oxygen atoms in total. The van der Waals surface area contributed by atoms with Gasteiger partial charge in [-0.1, -0.05) is 59.6 Å². The van der Waals surface area contributed by atoms with Crippen molar-refractivity contribution in [1.82, 2.24) is 0 Å². The monoisotopic (exact) mass is 401 g/mol. The number of halogens is 2. The van der Waals surface area contributed by atoms with Gasteiger partial charge in [-0.05, 0) is 12.1 Å². The first-order valence-electron chi connectivity index (χ1n) is 7.55. The molecule has 1 N–H and O–H groups in total. The van der Waals surface area contributed by atoms with Gasteiger partial charge in [0.05, 0.1) is 21.2 Å². The minimum atomic E-state index is -0.495. The van der Waals surface area contributed by atoms with Crippen LogP contribution in [-0.2, 0) is 0 Å². The van der Waals surface area contributed by atoms with E-state index in [-0.39, 0.29) is 38.3 Å². The molecule has 0 unspecified atom stereocenters. The van der Waals surface area contributed by atoms with E-state index in [1.807, 2.05) is 0 Å². The highest BCUT2D eigenvalue weighted by molar-refractivity contribution is 7.20. The first-order chi connectivity index (χ1) is 12.5. The number of fused-ring (bicyclic) bond motifs is 2. The van der Waals surface area contributed by atoms with E-state index in [4.69, 9.17) is 23.2 Å². The van der Waals surface area contributed by atoms with Crippen molar-refractivity contribution in [3.63, 3.8) is 0 Å². The van der Waals surface area contributed by atoms with Crippen LogP contribution in [0, 0.1) is 0 Å². The maximum atomic E-state index is 12.9. The third-order valence-corrected chi connectivity index (χ3v) is 5.59. The quantitative estimate of drug-likeness (QED) is 0.509. The molecule has 0 saturated carbocycles. The Hall–Kier alpha value is -2.47. The Bertz CT molecular complexity index is 1100. The molecule has 4 rings (SSSR count). The van der Waals surface area contributed by atoms with E-state index in [0.29, 0.717) is 15.5 Å². The van der Waals surface area contributed by atoms with Crippen LogP contribution in [0.15, 0.2) is 48.5 Å². The van der Waals surface area contributed by atoms with Gasteiger partial charge in [0.25, 0.3) is 5.91 Å². The molecule has 0 saturated heterocycles. The summed E-state index contributed by atoms with van der Waals surface area (Å²) in [5.74, 6) is -1.05. The van der Waals surface area contributed by atoms with Gasteiger partial charge >= 0.3 is 0 Å². The average Bonchev–Trinajstić information content (AvgIpc) is 2.98. The third-order valence-electron chi connectivity index (χ3n) is 4.10. The molecule has 26 heavy (non-hydrogen) atoms. The van der Waals surface area contributed by atoms with Gasteiger partial charge in [-0.3, -0.25) is 14.4 Å². The first-order valence-corrected chi connectivity index (χ1v) is 9.12. The number of hydrogen-bond acceptors (Lipinski definition) is 4. The largest absolute Gasteiger partial charge is 0.321 e. The zero-order chi connectivity index (χ0) is 18.4. The summed E-state index contributed by atoms with van der Waals surface area (Å²) in [4.78, 5) is 38.2. The van der Waals surface area contributed by atoms with Crippen molar-refractivity contribution < 1.29 is 14.4 Å². The average molecular weight is 402 g/mol. The second kappa shape index (κ2) is 6.36. The van der Waals surface area contributed by atoms with E-state index in [9.17, 15) is 14.4 Å². The maximum Gasteiger partial charge on any atom is 0.258 e. The maximum absolute atomic E-state index is 12.9. The van der Waals surface area contributed by atoms with Crippen LogP contribution >= 0.6 is 34.5 Å². The molecule has 0 spiro atoms. The highest BCUT2D eigenvalue weighted by atomic mass is 35.5. The molecule has 1 aromatic heterocycles. The van der Waals surface area contributed by atoms with Crippen LogP contribution in [0.25, 0.3) is 0 Å². The molecule has 0 bridgehead atoms. The Morgan fingerprint density at radius 2 is 1.54 bits per heavy atom. The van der Waals surface area contributed by atoms with E-state index in [0.717, 1.165) is 11.3 Å². The van der Waals surface area contributed by atoms with Crippen molar-refractivity contribution in [2.45, 2.75) is 0 Å². The molecule has 0 aliphatic heterocycles. The Balaban J connectivity index is 1.79. The Morgan fingerprint density at radius 3 is 2.19 bits per heavy atom. The minimum Gasteiger partial charge on any atom is -0.321 e. The van der Waals surface area contributed by atoms with Crippen molar-refractivity contribution in [2.75, 3.05) is 5.32 Å². The van der Waals surface area contributed by atoms with Crippen LogP contribution in [0.4, 0.5) is 5.69 Å². The smallest absolute Gasteiger partial charge is 0.258 e. The number of thiophene rings is 1. The van der Waals surface area contributed by atoms with Gasteiger partial charge in [-0.15, -0.1) is 11.3 Å². The highest BCUT2D eigenvalue weighted by Gasteiger charge is 2.31. The second-order valence-electron chi connectivity index (χ2n) is 5.62. The molecule has 128 valence electrons. The van der Waals surface area contributed by atoms with E-state index in [2.05, 4.69) is 5.32 Å². The summed E-state index contributed by atoms with van der Waals surface area (Å²) in [6.45, 7) is 0. The number of nitrogens with one attached hydrogen (secondary N) is 1. The van der Waals surface area contributed by atoms with Gasteiger partial charge in [-0.25, -0.2) is 0 Å². The van der Waals surface area contributed by atoms with Gasteiger partial charge in [0.2, 0.25) is 0 Å². The number of rotatable bonds is 2. The predicted octanol–water partition coefficient (Wildman–Crippen LogP) is 5.08. The number of anilines is 1. The fourth-order valence-electron chi connectivity index (χ4n) is 2.93. The zero-order valence-electron chi connectivity index (χ0n) is 13.0. The molecule has 0 radical (unpaired) electrons. The SMILES string of the molecule is O=C(Nc1cccc2c1C(=O)c1ccccc1C2=O)c1cc(Cl)sc1Cl. The summed E-state index contributed by atoms with van der Waals surface area (Å²) in [6.07, 6.45) is 0. The number of ketones is 2. The molecule has 1 aliphatic rings. The van der Waals surface area contributed by atoms with E-state index in [1.165, 1.54) is 6.07 Å². The molecule has 7 heteroatoms. The van der Waals surface area contributed by atoms with Crippen LogP contribution in [0.3, 0.4) is 0 Å². The van der Waals surface area contributed by atoms with Gasteiger partial charge in [0.1, 0.15) is 4.34 Å². The summed E-state index contributed by atoms with van der Waals surface area (Å²) in [6, 6.07) is 12.9. The van der Waals surface area contributed by atoms with Crippen LogP contribution in [0.2, 0.25) is 8.67 Å². The minimum absolute atomic E-state index is 0.182. The lowest BCUT2D eigenvalue weighted by Gasteiger charge is -2.20. The number of hydrogen-bond donors (Lipinski definition) is 1. The lowest BCUT2D eigenvalue weighted by atomic mass is 9.83. The van der Waals surface area contributed by atoms with Gasteiger partial charge < -0.3 is 5.32 Å². The number of carbonyl (C=O) groups excluding carboxylic acids is 3. The lowest BCUT2D eigenvalue weighted by Crippen LogP contribution is -2.23. The predicted molar refractivity (Wildman–Crippen MR) is 102 cm³/mol. The van der Waals surface area contributed by atoms with Crippen molar-refractivity contribution in [2.24, 2.45) is 0 Å². The third kappa shape index (κ3) is 2.65. The fraction of sp³-hybridized carbons (Fsp3) is 0. The van der Waals surface area contributed by atoms with Crippen LogP contribution in [0.5, 0.6) is 0 Å². The van der Waals surface area contributed by atoms with Crippen molar-refractivity contribution in [1.29, 1.82) is 0 Å². The Labute approximate surface area is 162 Å². The van der Waals surface area contributed by atoms with E-state index in [1.54, 1.807) is 42.5 Å².